The first-order valence-electron chi connectivity index (χ1n) is 5.61. The monoisotopic (exact) mass is 203 g/mol. The molecule has 1 aromatic carbocycles. The number of nitrogens with zero attached hydrogens (tertiary/aromatic N) is 1. The topological polar surface area (TPSA) is 20.3 Å². The van der Waals surface area contributed by atoms with Crippen LogP contribution < -0.4 is 0 Å². The second kappa shape index (κ2) is 4.47. The Labute approximate surface area is 90.9 Å². The van der Waals surface area contributed by atoms with E-state index in [9.17, 15) is 4.79 Å². The average molecular weight is 203 g/mol. The third kappa shape index (κ3) is 2.20. The Bertz CT molecular complexity index is 334. The van der Waals surface area contributed by atoms with E-state index in [0.29, 0.717) is 6.04 Å². The summed E-state index contributed by atoms with van der Waals surface area (Å²) in [5, 5.41) is 0. The number of amides is 1. The molecule has 2 heteroatoms. The summed E-state index contributed by atoms with van der Waals surface area (Å²) in [6, 6.07) is 10.6. The van der Waals surface area contributed by atoms with Gasteiger partial charge in [0.15, 0.2) is 0 Å². The Morgan fingerprint density at radius 2 is 2.00 bits per heavy atom. The predicted molar refractivity (Wildman–Crippen MR) is 60.4 cm³/mol. The van der Waals surface area contributed by atoms with Crippen molar-refractivity contribution in [3.05, 3.63) is 35.9 Å². The Morgan fingerprint density at radius 3 is 2.67 bits per heavy atom. The fourth-order valence-electron chi connectivity index (χ4n) is 2.33. The summed E-state index contributed by atoms with van der Waals surface area (Å²) in [5.41, 5.74) is 1.27. The summed E-state index contributed by atoms with van der Waals surface area (Å²) in [5.74, 6) is 0.198. The Kier molecular flexibility index (Phi) is 3.05. The summed E-state index contributed by atoms with van der Waals surface area (Å²) in [6.45, 7) is 2.58. The van der Waals surface area contributed by atoms with Crippen LogP contribution >= 0.6 is 0 Å². The summed E-state index contributed by atoms with van der Waals surface area (Å²) < 4.78 is 0. The fraction of sp³-hybridized carbons (Fsp3) is 0.462. The van der Waals surface area contributed by atoms with Gasteiger partial charge in [0.2, 0.25) is 5.91 Å². The first kappa shape index (κ1) is 10.2. The molecule has 80 valence electrons. The summed E-state index contributed by atoms with van der Waals surface area (Å²) in [7, 11) is 0. The third-order valence-electron chi connectivity index (χ3n) is 3.09. The molecule has 2 rings (SSSR count). The van der Waals surface area contributed by atoms with Gasteiger partial charge in [0.05, 0.1) is 6.04 Å². The van der Waals surface area contributed by atoms with Crippen molar-refractivity contribution in [2.24, 2.45) is 0 Å². The van der Waals surface area contributed by atoms with Crippen molar-refractivity contribution >= 4 is 5.91 Å². The lowest BCUT2D eigenvalue weighted by Crippen LogP contribution is -2.36. The number of likely N-dealkylation sites (tertiary alicyclic amines) is 1. The highest BCUT2D eigenvalue weighted by Crippen LogP contribution is 2.30. The van der Waals surface area contributed by atoms with Crippen LogP contribution in [-0.4, -0.2) is 17.4 Å². The molecule has 0 spiro atoms. The van der Waals surface area contributed by atoms with Gasteiger partial charge in [-0.05, 0) is 24.8 Å². The zero-order chi connectivity index (χ0) is 10.7. The molecule has 0 bridgehead atoms. The molecule has 0 radical (unpaired) electrons. The van der Waals surface area contributed by atoms with Crippen LogP contribution in [0.15, 0.2) is 30.3 Å². The molecule has 1 unspecified atom stereocenters. The summed E-state index contributed by atoms with van der Waals surface area (Å²) in [4.78, 5) is 13.5. The van der Waals surface area contributed by atoms with Gasteiger partial charge < -0.3 is 4.90 Å². The SMILES string of the molecule is CC(=O)N1CCCCC1c1ccccc1. The van der Waals surface area contributed by atoms with Crippen LogP contribution in [0.5, 0.6) is 0 Å². The second-order valence-electron chi connectivity index (χ2n) is 4.13. The van der Waals surface area contributed by atoms with E-state index in [0.717, 1.165) is 19.4 Å². The van der Waals surface area contributed by atoms with E-state index in [1.165, 1.54) is 12.0 Å². The molecule has 1 aliphatic rings. The molecule has 0 saturated carbocycles. The highest BCUT2D eigenvalue weighted by molar-refractivity contribution is 5.74. The zero-order valence-corrected chi connectivity index (χ0v) is 9.15. The van der Waals surface area contributed by atoms with Crippen molar-refractivity contribution in [2.75, 3.05) is 6.54 Å². The molecule has 2 nitrogen and oxygen atoms in total. The lowest BCUT2D eigenvalue weighted by atomic mass is 9.95. The van der Waals surface area contributed by atoms with Crippen molar-refractivity contribution in [3.63, 3.8) is 0 Å². The van der Waals surface area contributed by atoms with Crippen LogP contribution in [0.2, 0.25) is 0 Å². The maximum Gasteiger partial charge on any atom is 0.219 e. The van der Waals surface area contributed by atoms with E-state index in [1.54, 1.807) is 6.92 Å². The van der Waals surface area contributed by atoms with Gasteiger partial charge in [-0.2, -0.15) is 0 Å². The summed E-state index contributed by atoms with van der Waals surface area (Å²) in [6.07, 6.45) is 3.47. The predicted octanol–water partition coefficient (Wildman–Crippen LogP) is 2.76. The smallest absolute Gasteiger partial charge is 0.219 e. The molecule has 15 heavy (non-hydrogen) atoms. The Morgan fingerprint density at radius 1 is 1.27 bits per heavy atom. The van der Waals surface area contributed by atoms with Crippen LogP contribution in [-0.2, 0) is 4.79 Å². The van der Waals surface area contributed by atoms with Crippen LogP contribution in [0.1, 0.15) is 37.8 Å². The molecule has 0 aliphatic carbocycles. The van der Waals surface area contributed by atoms with Crippen molar-refractivity contribution in [2.45, 2.75) is 32.2 Å². The maximum absolute atomic E-state index is 11.5. The third-order valence-corrected chi connectivity index (χ3v) is 3.09. The van der Waals surface area contributed by atoms with Crippen LogP contribution in [0.25, 0.3) is 0 Å². The van der Waals surface area contributed by atoms with Crippen molar-refractivity contribution in [3.8, 4) is 0 Å². The number of rotatable bonds is 1. The van der Waals surface area contributed by atoms with Crippen molar-refractivity contribution in [1.82, 2.24) is 4.90 Å². The van der Waals surface area contributed by atoms with Crippen LogP contribution in [0.3, 0.4) is 0 Å². The first-order valence-corrected chi connectivity index (χ1v) is 5.61. The highest BCUT2D eigenvalue weighted by Gasteiger charge is 2.25. The van der Waals surface area contributed by atoms with Gasteiger partial charge in [-0.25, -0.2) is 0 Å². The maximum atomic E-state index is 11.5. The highest BCUT2D eigenvalue weighted by atomic mass is 16.2. The van der Waals surface area contributed by atoms with E-state index in [2.05, 4.69) is 12.1 Å². The molecular weight excluding hydrogens is 186 g/mol. The quantitative estimate of drug-likeness (QED) is 0.687. The van der Waals surface area contributed by atoms with Gasteiger partial charge in [-0.15, -0.1) is 0 Å². The van der Waals surface area contributed by atoms with E-state index >= 15 is 0 Å². The molecule has 1 fully saturated rings. The lowest BCUT2D eigenvalue weighted by Gasteiger charge is -2.35. The minimum absolute atomic E-state index is 0.198. The molecule has 0 aromatic heterocycles. The van der Waals surface area contributed by atoms with Gasteiger partial charge in [0.25, 0.3) is 0 Å². The van der Waals surface area contributed by atoms with E-state index in [1.807, 2.05) is 23.1 Å². The molecule has 1 amide bonds. The number of carbonyl (C=O) groups excluding carboxylic acids is 1. The van der Waals surface area contributed by atoms with E-state index in [-0.39, 0.29) is 5.91 Å². The number of hydrogen-bond acceptors (Lipinski definition) is 1. The van der Waals surface area contributed by atoms with Crippen LogP contribution in [0.4, 0.5) is 0 Å². The van der Waals surface area contributed by atoms with Crippen molar-refractivity contribution in [1.29, 1.82) is 0 Å². The minimum Gasteiger partial charge on any atom is -0.336 e. The minimum atomic E-state index is 0.198. The van der Waals surface area contributed by atoms with Crippen LogP contribution in [0, 0.1) is 0 Å². The molecule has 1 atom stereocenters. The van der Waals surface area contributed by atoms with Gasteiger partial charge in [-0.3, -0.25) is 4.79 Å². The number of benzene rings is 1. The van der Waals surface area contributed by atoms with Crippen molar-refractivity contribution < 1.29 is 4.79 Å². The van der Waals surface area contributed by atoms with Gasteiger partial charge in [0, 0.05) is 13.5 Å². The molecule has 1 aromatic rings. The number of carbonyl (C=O) groups is 1. The summed E-state index contributed by atoms with van der Waals surface area (Å²) >= 11 is 0. The lowest BCUT2D eigenvalue weighted by molar-refractivity contribution is -0.132. The Hall–Kier alpha value is -1.31. The molecule has 0 N–H and O–H groups in total. The van der Waals surface area contributed by atoms with E-state index in [4.69, 9.17) is 0 Å². The number of piperidine rings is 1. The second-order valence-corrected chi connectivity index (χ2v) is 4.13. The van der Waals surface area contributed by atoms with Gasteiger partial charge in [-0.1, -0.05) is 30.3 Å². The first-order chi connectivity index (χ1) is 7.29. The van der Waals surface area contributed by atoms with Gasteiger partial charge >= 0.3 is 0 Å². The standard InChI is InChI=1S/C13H17NO/c1-11(15)14-10-6-5-9-13(14)12-7-3-2-4-8-12/h2-4,7-8,13H,5-6,9-10H2,1H3. The fourth-order valence-corrected chi connectivity index (χ4v) is 2.33. The molecule has 1 saturated heterocycles. The Balaban J connectivity index is 2.22. The van der Waals surface area contributed by atoms with Gasteiger partial charge in [0.1, 0.15) is 0 Å². The van der Waals surface area contributed by atoms with E-state index < -0.39 is 0 Å². The molecule has 1 heterocycles. The molecule has 1 aliphatic heterocycles. The zero-order valence-electron chi connectivity index (χ0n) is 9.15. The normalized spacial score (nSPS) is 21.4. The molecular formula is C13H17NO. The average Bonchev–Trinajstić information content (AvgIpc) is 2.30. The largest absolute Gasteiger partial charge is 0.336 e. The number of hydrogen-bond donors (Lipinski definition) is 0.